The largest absolute Gasteiger partial charge is 0.458 e. The molecule has 0 aromatic carbocycles. The predicted octanol–water partition coefficient (Wildman–Crippen LogP) is 4.25. The Kier molecular flexibility index (Phi) is 8.41. The molecule has 2 aliphatic heterocycles. The summed E-state index contributed by atoms with van der Waals surface area (Å²) in [5, 5.41) is 24.5. The SMILES string of the molecule is C/C(=C\c1csc(C)n1)C1CC2OC2(C)C/C=C\C(C)C(O)C(C)C(=O)C(C)(C)C(O)CC(=O)O1. The van der Waals surface area contributed by atoms with Crippen molar-refractivity contribution in [2.45, 2.75) is 97.7 Å². The van der Waals surface area contributed by atoms with E-state index in [1.165, 1.54) is 0 Å². The summed E-state index contributed by atoms with van der Waals surface area (Å²) in [6.45, 7) is 12.6. The molecule has 0 aliphatic carbocycles. The molecule has 2 N–H and O–H groups in total. The Balaban J connectivity index is 1.89. The second-order valence-corrected chi connectivity index (χ2v) is 12.0. The van der Waals surface area contributed by atoms with Gasteiger partial charge in [0.15, 0.2) is 0 Å². The van der Waals surface area contributed by atoms with Gasteiger partial charge in [0.1, 0.15) is 11.9 Å². The number of rotatable bonds is 2. The molecule has 8 heteroatoms. The van der Waals surface area contributed by atoms with E-state index in [1.807, 2.05) is 51.3 Å². The van der Waals surface area contributed by atoms with Crippen LogP contribution in [0, 0.1) is 24.2 Å². The first-order valence-electron chi connectivity index (χ1n) is 12.3. The van der Waals surface area contributed by atoms with Crippen molar-refractivity contribution in [3.05, 3.63) is 33.8 Å². The van der Waals surface area contributed by atoms with E-state index in [-0.39, 0.29) is 29.8 Å². The van der Waals surface area contributed by atoms with Gasteiger partial charge in [0.2, 0.25) is 0 Å². The van der Waals surface area contributed by atoms with Crippen LogP contribution in [-0.4, -0.2) is 57.0 Å². The van der Waals surface area contributed by atoms with Gasteiger partial charge in [-0.05, 0) is 38.8 Å². The lowest BCUT2D eigenvalue weighted by molar-refractivity contribution is -0.154. The molecule has 7 atom stereocenters. The molecule has 0 radical (unpaired) electrons. The van der Waals surface area contributed by atoms with E-state index in [2.05, 4.69) is 4.98 Å². The Hall–Kier alpha value is -1.87. The molecule has 1 aromatic heterocycles. The fourth-order valence-corrected chi connectivity index (χ4v) is 5.24. The number of fused-ring (bicyclic) bond motifs is 1. The number of nitrogens with zero attached hydrogens (tertiary/aromatic N) is 1. The number of cyclic esters (lactones) is 1. The molecular weight excluding hydrogens is 466 g/mol. The summed E-state index contributed by atoms with van der Waals surface area (Å²) in [4.78, 5) is 30.6. The minimum absolute atomic E-state index is 0.0968. The Bertz CT molecular complexity index is 998. The zero-order valence-corrected chi connectivity index (χ0v) is 22.6. The molecule has 35 heavy (non-hydrogen) atoms. The second kappa shape index (κ2) is 10.6. The normalized spacial score (nSPS) is 37.9. The summed E-state index contributed by atoms with van der Waals surface area (Å²) >= 11 is 1.55. The number of esters is 1. The predicted molar refractivity (Wildman–Crippen MR) is 136 cm³/mol. The van der Waals surface area contributed by atoms with Crippen molar-refractivity contribution in [3.63, 3.8) is 0 Å². The van der Waals surface area contributed by atoms with Gasteiger partial charge in [0.05, 0.1) is 46.5 Å². The number of carbonyl (C=O) groups is 2. The van der Waals surface area contributed by atoms with E-state index in [9.17, 15) is 19.8 Å². The lowest BCUT2D eigenvalue weighted by Crippen LogP contribution is -2.45. The van der Waals surface area contributed by atoms with Gasteiger partial charge in [-0.1, -0.05) is 39.8 Å². The van der Waals surface area contributed by atoms with Crippen molar-refractivity contribution < 1.29 is 29.3 Å². The number of aryl methyl sites for hydroxylation is 1. The first kappa shape index (κ1) is 27.7. The number of aliphatic hydroxyl groups is 2. The van der Waals surface area contributed by atoms with Crippen LogP contribution < -0.4 is 0 Å². The highest BCUT2D eigenvalue weighted by atomic mass is 32.1. The molecule has 3 heterocycles. The third kappa shape index (κ3) is 6.47. The Morgan fingerprint density at radius 3 is 2.54 bits per heavy atom. The monoisotopic (exact) mass is 505 g/mol. The Morgan fingerprint density at radius 2 is 1.91 bits per heavy atom. The summed E-state index contributed by atoms with van der Waals surface area (Å²) < 4.78 is 11.9. The molecule has 2 aliphatic rings. The molecule has 1 aromatic rings. The number of epoxide rings is 1. The highest BCUT2D eigenvalue weighted by Crippen LogP contribution is 2.44. The molecule has 1 fully saturated rings. The van der Waals surface area contributed by atoms with Gasteiger partial charge >= 0.3 is 5.97 Å². The molecule has 7 unspecified atom stereocenters. The van der Waals surface area contributed by atoms with E-state index in [0.29, 0.717) is 12.8 Å². The zero-order chi connectivity index (χ0) is 26.1. The maximum atomic E-state index is 13.2. The quantitative estimate of drug-likeness (QED) is 0.351. The number of thiazole rings is 1. The molecule has 7 nitrogen and oxygen atoms in total. The minimum atomic E-state index is -1.25. The van der Waals surface area contributed by atoms with Gasteiger partial charge in [0.25, 0.3) is 0 Å². The van der Waals surface area contributed by atoms with Crippen LogP contribution in [0.5, 0.6) is 0 Å². The minimum Gasteiger partial charge on any atom is -0.458 e. The summed E-state index contributed by atoms with van der Waals surface area (Å²) in [5.74, 6) is -1.83. The van der Waals surface area contributed by atoms with Crippen LogP contribution in [0.1, 0.15) is 71.5 Å². The summed E-state index contributed by atoms with van der Waals surface area (Å²) in [6.07, 6.45) is 3.84. The van der Waals surface area contributed by atoms with Crippen LogP contribution in [-0.2, 0) is 19.1 Å². The first-order chi connectivity index (χ1) is 16.2. The maximum absolute atomic E-state index is 13.2. The van der Waals surface area contributed by atoms with Crippen molar-refractivity contribution in [1.29, 1.82) is 0 Å². The number of aliphatic hydroxyl groups excluding tert-OH is 2. The topological polar surface area (TPSA) is 109 Å². The lowest BCUT2D eigenvalue weighted by Gasteiger charge is -2.34. The number of Topliss-reactive ketones (excluding diaryl/α,β-unsaturated/α-hetero) is 1. The zero-order valence-electron chi connectivity index (χ0n) is 21.8. The molecule has 0 amide bonds. The third-order valence-corrected chi connectivity index (χ3v) is 8.30. The van der Waals surface area contributed by atoms with Crippen molar-refractivity contribution in [1.82, 2.24) is 4.98 Å². The Labute approximate surface area is 212 Å². The van der Waals surface area contributed by atoms with E-state index in [1.54, 1.807) is 32.1 Å². The van der Waals surface area contributed by atoms with Crippen LogP contribution in [0.25, 0.3) is 6.08 Å². The van der Waals surface area contributed by atoms with Gasteiger partial charge in [-0.15, -0.1) is 11.3 Å². The van der Waals surface area contributed by atoms with Gasteiger partial charge in [-0.25, -0.2) is 4.98 Å². The Morgan fingerprint density at radius 1 is 1.23 bits per heavy atom. The van der Waals surface area contributed by atoms with Gasteiger partial charge in [0, 0.05) is 23.6 Å². The van der Waals surface area contributed by atoms with Crippen LogP contribution in [0.3, 0.4) is 0 Å². The van der Waals surface area contributed by atoms with Crippen LogP contribution in [0.2, 0.25) is 0 Å². The number of hydrogen-bond donors (Lipinski definition) is 2. The van der Waals surface area contributed by atoms with E-state index >= 15 is 0 Å². The molecular formula is C27H39NO6S. The number of aromatic nitrogens is 1. The van der Waals surface area contributed by atoms with Crippen molar-refractivity contribution in [2.75, 3.05) is 0 Å². The highest BCUT2D eigenvalue weighted by Gasteiger charge is 2.52. The number of carbonyl (C=O) groups excluding carboxylic acids is 2. The van der Waals surface area contributed by atoms with Crippen LogP contribution in [0.4, 0.5) is 0 Å². The third-order valence-electron chi connectivity index (χ3n) is 7.51. The first-order valence-corrected chi connectivity index (χ1v) is 13.2. The molecule has 1 saturated heterocycles. The standard InChI is InChI=1S/C27H39NO6S/c1-15-9-8-10-27(7)22(34-27)12-20(16(2)11-19-14-35-18(4)28-19)33-23(30)13-21(29)26(5,6)25(32)17(3)24(15)31/h8-9,11,14-15,17,20-22,24,29,31H,10,12-13H2,1-7H3/b9-8-,16-11+. The molecule has 0 spiro atoms. The fraction of sp³-hybridized carbons (Fsp3) is 0.667. The average Bonchev–Trinajstić information content (AvgIpc) is 3.22. The van der Waals surface area contributed by atoms with Crippen molar-refractivity contribution >= 4 is 29.2 Å². The van der Waals surface area contributed by atoms with Crippen LogP contribution in [0.15, 0.2) is 23.1 Å². The molecule has 0 bridgehead atoms. The van der Waals surface area contributed by atoms with Crippen LogP contribution >= 0.6 is 11.3 Å². The number of hydrogen-bond acceptors (Lipinski definition) is 8. The van der Waals surface area contributed by atoms with Gasteiger partial charge in [-0.3, -0.25) is 9.59 Å². The molecule has 0 saturated carbocycles. The summed E-state index contributed by atoms with van der Waals surface area (Å²) in [6, 6.07) is 0. The van der Waals surface area contributed by atoms with Gasteiger partial charge < -0.3 is 19.7 Å². The second-order valence-electron chi connectivity index (χ2n) is 10.9. The highest BCUT2D eigenvalue weighted by molar-refractivity contribution is 7.09. The van der Waals surface area contributed by atoms with E-state index < -0.39 is 35.6 Å². The van der Waals surface area contributed by atoms with Crippen molar-refractivity contribution in [3.8, 4) is 0 Å². The maximum Gasteiger partial charge on any atom is 0.309 e. The van der Waals surface area contributed by atoms with Crippen molar-refractivity contribution in [2.24, 2.45) is 17.3 Å². The summed E-state index contributed by atoms with van der Waals surface area (Å²) in [5.41, 5.74) is 0.0391. The average molecular weight is 506 g/mol. The molecule has 3 rings (SSSR count). The van der Waals surface area contributed by atoms with E-state index in [0.717, 1.165) is 16.3 Å². The number of ether oxygens (including phenoxy) is 2. The fourth-order valence-electron chi connectivity index (χ4n) is 4.67. The number of ketones is 1. The smallest absolute Gasteiger partial charge is 0.309 e. The lowest BCUT2D eigenvalue weighted by atomic mass is 9.73. The van der Waals surface area contributed by atoms with Gasteiger partial charge in [-0.2, -0.15) is 0 Å². The van der Waals surface area contributed by atoms with E-state index in [4.69, 9.17) is 9.47 Å². The molecule has 194 valence electrons. The summed E-state index contributed by atoms with van der Waals surface area (Å²) in [7, 11) is 0.